The van der Waals surface area contributed by atoms with E-state index in [1.807, 2.05) is 9.80 Å². The molecule has 0 saturated carbocycles. The smallest absolute Gasteiger partial charge is 0.356 e. The summed E-state index contributed by atoms with van der Waals surface area (Å²) in [5.74, 6) is 0.749. The molecule has 4 rings (SSSR count). The Morgan fingerprint density at radius 1 is 0.960 bits per heavy atom. The van der Waals surface area contributed by atoms with E-state index in [0.29, 0.717) is 32.0 Å². The van der Waals surface area contributed by atoms with Crippen molar-refractivity contribution in [2.45, 2.75) is 6.18 Å². The SMILES string of the molecule is Fc1cccnc1N1CC2CN(c3cc(C(F)(F)F)ncn3)CC2C1. The van der Waals surface area contributed by atoms with E-state index in [9.17, 15) is 17.6 Å². The van der Waals surface area contributed by atoms with Crippen LogP contribution in [0.2, 0.25) is 0 Å². The largest absolute Gasteiger partial charge is 0.433 e. The van der Waals surface area contributed by atoms with Crippen molar-refractivity contribution in [2.75, 3.05) is 36.0 Å². The molecule has 0 aromatic carbocycles. The normalized spacial score (nSPS) is 23.2. The Morgan fingerprint density at radius 3 is 2.28 bits per heavy atom. The molecule has 2 aromatic heterocycles. The van der Waals surface area contributed by atoms with Gasteiger partial charge in [-0.3, -0.25) is 0 Å². The number of alkyl halides is 3. The maximum absolute atomic E-state index is 13.9. The number of pyridine rings is 1. The average Bonchev–Trinajstić information content (AvgIpc) is 3.13. The Balaban J connectivity index is 1.47. The molecule has 2 aliphatic rings. The molecular weight excluding hydrogens is 338 g/mol. The minimum absolute atomic E-state index is 0.241. The first-order valence-corrected chi connectivity index (χ1v) is 7.91. The standard InChI is InChI=1S/C16H15F4N5/c17-12-2-1-3-21-15(12)25-7-10-5-24(6-11(10)8-25)14-4-13(16(18,19)20)22-9-23-14/h1-4,9-11H,5-8H2. The van der Waals surface area contributed by atoms with Crippen LogP contribution in [0.1, 0.15) is 5.69 Å². The lowest BCUT2D eigenvalue weighted by atomic mass is 10.0. The molecule has 5 nitrogen and oxygen atoms in total. The summed E-state index contributed by atoms with van der Waals surface area (Å²) in [7, 11) is 0. The third-order valence-corrected chi connectivity index (χ3v) is 4.79. The van der Waals surface area contributed by atoms with E-state index in [-0.39, 0.29) is 23.5 Å². The fraction of sp³-hybridized carbons (Fsp3) is 0.438. The highest BCUT2D eigenvalue weighted by Gasteiger charge is 2.42. The number of rotatable bonds is 2. The lowest BCUT2D eigenvalue weighted by Gasteiger charge is -2.23. The first-order chi connectivity index (χ1) is 11.9. The van der Waals surface area contributed by atoms with Crippen LogP contribution in [0.3, 0.4) is 0 Å². The fourth-order valence-corrected chi connectivity index (χ4v) is 3.64. The first kappa shape index (κ1) is 16.0. The van der Waals surface area contributed by atoms with Crippen LogP contribution < -0.4 is 9.80 Å². The molecule has 9 heteroatoms. The van der Waals surface area contributed by atoms with Crippen LogP contribution in [0, 0.1) is 17.7 Å². The van der Waals surface area contributed by atoms with Gasteiger partial charge in [0.15, 0.2) is 11.6 Å². The van der Waals surface area contributed by atoms with Gasteiger partial charge in [0.25, 0.3) is 0 Å². The zero-order valence-electron chi connectivity index (χ0n) is 13.1. The van der Waals surface area contributed by atoms with Crippen LogP contribution >= 0.6 is 0 Å². The minimum atomic E-state index is -4.49. The van der Waals surface area contributed by atoms with E-state index >= 15 is 0 Å². The summed E-state index contributed by atoms with van der Waals surface area (Å²) in [5.41, 5.74) is -0.938. The van der Waals surface area contributed by atoms with E-state index in [4.69, 9.17) is 0 Å². The van der Waals surface area contributed by atoms with E-state index in [1.165, 1.54) is 6.07 Å². The quantitative estimate of drug-likeness (QED) is 0.777. The van der Waals surface area contributed by atoms with E-state index in [2.05, 4.69) is 15.0 Å². The molecule has 0 N–H and O–H groups in total. The molecular formula is C16H15F4N5. The van der Waals surface area contributed by atoms with Crippen molar-refractivity contribution in [3.8, 4) is 0 Å². The summed E-state index contributed by atoms with van der Waals surface area (Å²) >= 11 is 0. The van der Waals surface area contributed by atoms with E-state index < -0.39 is 11.9 Å². The van der Waals surface area contributed by atoms with Gasteiger partial charge in [-0.15, -0.1) is 0 Å². The Labute approximate surface area is 141 Å². The predicted molar refractivity (Wildman–Crippen MR) is 82.6 cm³/mol. The van der Waals surface area contributed by atoms with Crippen molar-refractivity contribution < 1.29 is 17.6 Å². The topological polar surface area (TPSA) is 45.2 Å². The third kappa shape index (κ3) is 2.98. The molecule has 0 aliphatic carbocycles. The van der Waals surface area contributed by atoms with Gasteiger partial charge in [-0.25, -0.2) is 19.3 Å². The van der Waals surface area contributed by atoms with Crippen LogP contribution in [0.4, 0.5) is 29.2 Å². The molecule has 2 saturated heterocycles. The number of hydrogen-bond donors (Lipinski definition) is 0. The van der Waals surface area contributed by atoms with Gasteiger partial charge in [0, 0.05) is 50.3 Å². The second-order valence-corrected chi connectivity index (χ2v) is 6.40. The van der Waals surface area contributed by atoms with Crippen LogP contribution in [0.25, 0.3) is 0 Å². The van der Waals surface area contributed by atoms with Crippen molar-refractivity contribution in [3.63, 3.8) is 0 Å². The number of anilines is 2. The molecule has 2 aromatic rings. The minimum Gasteiger partial charge on any atom is -0.356 e. The molecule has 2 atom stereocenters. The highest BCUT2D eigenvalue weighted by atomic mass is 19.4. The molecule has 2 fully saturated rings. The molecule has 2 aliphatic heterocycles. The highest BCUT2D eigenvalue weighted by molar-refractivity contribution is 5.45. The number of hydrogen-bond acceptors (Lipinski definition) is 5. The lowest BCUT2D eigenvalue weighted by molar-refractivity contribution is -0.141. The van der Waals surface area contributed by atoms with Crippen molar-refractivity contribution in [3.05, 3.63) is 42.2 Å². The Bertz CT molecular complexity index is 767. The van der Waals surface area contributed by atoms with Gasteiger partial charge >= 0.3 is 6.18 Å². The number of nitrogens with zero attached hydrogens (tertiary/aromatic N) is 5. The van der Waals surface area contributed by atoms with Crippen molar-refractivity contribution in [1.82, 2.24) is 15.0 Å². The third-order valence-electron chi connectivity index (χ3n) is 4.79. The lowest BCUT2D eigenvalue weighted by Crippen LogP contribution is -2.30. The second kappa shape index (κ2) is 5.82. The van der Waals surface area contributed by atoms with Crippen LogP contribution in [0.5, 0.6) is 0 Å². The van der Waals surface area contributed by atoms with Crippen molar-refractivity contribution in [1.29, 1.82) is 0 Å². The summed E-state index contributed by atoms with van der Waals surface area (Å²) < 4.78 is 52.3. The summed E-state index contributed by atoms with van der Waals surface area (Å²) in [6.07, 6.45) is -1.99. The van der Waals surface area contributed by atoms with Gasteiger partial charge in [0.1, 0.15) is 17.8 Å². The zero-order chi connectivity index (χ0) is 17.6. The summed E-state index contributed by atoms with van der Waals surface area (Å²) in [5, 5.41) is 0. The molecule has 0 radical (unpaired) electrons. The number of aromatic nitrogens is 3. The predicted octanol–water partition coefficient (Wildman–Crippen LogP) is 2.60. The summed E-state index contributed by atoms with van der Waals surface area (Å²) in [6, 6.07) is 3.91. The first-order valence-electron chi connectivity index (χ1n) is 7.91. The van der Waals surface area contributed by atoms with Crippen molar-refractivity contribution in [2.24, 2.45) is 11.8 Å². The van der Waals surface area contributed by atoms with Gasteiger partial charge in [-0.2, -0.15) is 13.2 Å². The van der Waals surface area contributed by atoms with Crippen LogP contribution in [0.15, 0.2) is 30.7 Å². The fourth-order valence-electron chi connectivity index (χ4n) is 3.64. The monoisotopic (exact) mass is 353 g/mol. The number of halogens is 4. The Hall–Kier alpha value is -2.45. The zero-order valence-corrected chi connectivity index (χ0v) is 13.1. The molecule has 4 heterocycles. The second-order valence-electron chi connectivity index (χ2n) is 6.40. The van der Waals surface area contributed by atoms with Crippen LogP contribution in [-0.4, -0.2) is 41.1 Å². The molecule has 2 unspecified atom stereocenters. The maximum atomic E-state index is 13.9. The van der Waals surface area contributed by atoms with Crippen LogP contribution in [-0.2, 0) is 6.18 Å². The molecule has 0 amide bonds. The van der Waals surface area contributed by atoms with Gasteiger partial charge in [-0.05, 0) is 12.1 Å². The maximum Gasteiger partial charge on any atom is 0.433 e. The van der Waals surface area contributed by atoms with Crippen molar-refractivity contribution >= 4 is 11.6 Å². The Morgan fingerprint density at radius 2 is 1.64 bits per heavy atom. The van der Waals surface area contributed by atoms with Gasteiger partial charge in [0.05, 0.1) is 0 Å². The average molecular weight is 353 g/mol. The molecule has 25 heavy (non-hydrogen) atoms. The Kier molecular flexibility index (Phi) is 3.73. The molecule has 0 spiro atoms. The summed E-state index contributed by atoms with van der Waals surface area (Å²) in [4.78, 5) is 15.1. The van der Waals surface area contributed by atoms with E-state index in [0.717, 1.165) is 12.4 Å². The summed E-state index contributed by atoms with van der Waals surface area (Å²) in [6.45, 7) is 2.44. The number of fused-ring (bicyclic) bond motifs is 1. The highest BCUT2D eigenvalue weighted by Crippen LogP contribution is 2.36. The van der Waals surface area contributed by atoms with Gasteiger partial charge in [-0.1, -0.05) is 0 Å². The van der Waals surface area contributed by atoms with Gasteiger partial charge < -0.3 is 9.80 Å². The molecule has 0 bridgehead atoms. The van der Waals surface area contributed by atoms with E-state index in [1.54, 1.807) is 12.3 Å². The van der Waals surface area contributed by atoms with Gasteiger partial charge in [0.2, 0.25) is 0 Å². The molecule has 132 valence electrons.